The van der Waals surface area contributed by atoms with E-state index in [0.717, 1.165) is 19.3 Å². The number of nitrogens with one attached hydrogen (secondary N) is 3. The fraction of sp³-hybridized carbons (Fsp3) is 0.680. The van der Waals surface area contributed by atoms with Crippen LogP contribution in [0.3, 0.4) is 0 Å². The van der Waals surface area contributed by atoms with Crippen LogP contribution in [0.5, 0.6) is 5.75 Å². The molecule has 1 aromatic carbocycles. The molecule has 0 aliphatic carbocycles. The lowest BCUT2D eigenvalue weighted by Crippen LogP contribution is -2.56. The minimum Gasteiger partial charge on any atom is -0.496 e. The lowest BCUT2D eigenvalue weighted by atomic mass is 10.0. The Balaban J connectivity index is 2.40. The van der Waals surface area contributed by atoms with E-state index in [1.54, 1.807) is 6.07 Å². The number of anilines is 1. The molecule has 0 heterocycles. The third kappa shape index (κ3) is 14.8. The number of alkyl halides is 3. The van der Waals surface area contributed by atoms with Crippen molar-refractivity contribution < 1.29 is 14.5 Å². The fourth-order valence-corrected chi connectivity index (χ4v) is 4.30. The normalized spacial score (nSPS) is 12.0. The van der Waals surface area contributed by atoms with Crippen LogP contribution < -0.4 is 20.7 Å². The molecule has 0 saturated carbocycles. The van der Waals surface area contributed by atoms with E-state index in [-0.39, 0.29) is 22.4 Å². The number of amides is 1. The molecular formula is C25H39Cl3N4O4S. The molecule has 1 unspecified atom stereocenters. The van der Waals surface area contributed by atoms with Gasteiger partial charge in [0.2, 0.25) is 9.70 Å². The predicted octanol–water partition coefficient (Wildman–Crippen LogP) is 7.79. The first kappa shape index (κ1) is 33.5. The second-order valence-electron chi connectivity index (χ2n) is 8.92. The fourth-order valence-electron chi connectivity index (χ4n) is 3.74. The van der Waals surface area contributed by atoms with E-state index >= 15 is 0 Å². The molecule has 1 amide bonds. The van der Waals surface area contributed by atoms with Gasteiger partial charge in [-0.05, 0) is 30.8 Å². The number of ether oxygens (including phenoxy) is 1. The highest BCUT2D eigenvalue weighted by molar-refractivity contribution is 7.80. The van der Waals surface area contributed by atoms with Crippen molar-refractivity contribution in [1.29, 1.82) is 0 Å². The number of halogens is 3. The zero-order valence-corrected chi connectivity index (χ0v) is 24.7. The maximum atomic E-state index is 12.4. The quantitative estimate of drug-likeness (QED) is 0.0396. The molecular weight excluding hydrogens is 559 g/mol. The molecule has 210 valence electrons. The van der Waals surface area contributed by atoms with Gasteiger partial charge in [0, 0.05) is 6.42 Å². The van der Waals surface area contributed by atoms with Crippen LogP contribution in [0.4, 0.5) is 11.4 Å². The van der Waals surface area contributed by atoms with E-state index in [1.807, 2.05) is 0 Å². The van der Waals surface area contributed by atoms with Gasteiger partial charge in [-0.2, -0.15) is 0 Å². The molecule has 0 saturated heterocycles. The van der Waals surface area contributed by atoms with Crippen LogP contribution in [0.2, 0.25) is 0 Å². The van der Waals surface area contributed by atoms with Crippen LogP contribution in [0.25, 0.3) is 0 Å². The van der Waals surface area contributed by atoms with Gasteiger partial charge in [0.05, 0.1) is 18.1 Å². The number of nitrogens with zero attached hydrogens (tertiary/aromatic N) is 1. The van der Waals surface area contributed by atoms with Gasteiger partial charge in [-0.1, -0.05) is 112 Å². The van der Waals surface area contributed by atoms with Crippen LogP contribution in [0.15, 0.2) is 18.2 Å². The van der Waals surface area contributed by atoms with Gasteiger partial charge in [-0.15, -0.1) is 0 Å². The lowest BCUT2D eigenvalue weighted by Gasteiger charge is -2.27. The number of carbonyl (C=O) groups is 1. The summed E-state index contributed by atoms with van der Waals surface area (Å²) in [5.74, 6) is 0.0366. The van der Waals surface area contributed by atoms with Crippen molar-refractivity contribution >= 4 is 69.4 Å². The summed E-state index contributed by atoms with van der Waals surface area (Å²) in [6, 6.07) is 4.25. The maximum absolute atomic E-state index is 12.4. The smallest absolute Gasteiger partial charge is 0.296 e. The number of benzene rings is 1. The first-order valence-corrected chi connectivity index (χ1v) is 14.4. The minimum absolute atomic E-state index is 0.0599. The summed E-state index contributed by atoms with van der Waals surface area (Å²) in [6.07, 6.45) is 13.5. The van der Waals surface area contributed by atoms with E-state index < -0.39 is 14.9 Å². The van der Waals surface area contributed by atoms with Crippen molar-refractivity contribution in [3.05, 3.63) is 28.3 Å². The minimum atomic E-state index is -1.91. The van der Waals surface area contributed by atoms with Gasteiger partial charge in [-0.3, -0.25) is 14.9 Å². The lowest BCUT2D eigenvalue weighted by molar-refractivity contribution is -0.384. The van der Waals surface area contributed by atoms with Gasteiger partial charge in [-0.25, -0.2) is 0 Å². The Morgan fingerprint density at radius 3 is 2.03 bits per heavy atom. The average Bonchev–Trinajstić information content (AvgIpc) is 2.83. The average molecular weight is 598 g/mol. The van der Waals surface area contributed by atoms with Gasteiger partial charge in [0.15, 0.2) is 5.11 Å². The van der Waals surface area contributed by atoms with Gasteiger partial charge in [0.25, 0.3) is 5.69 Å². The van der Waals surface area contributed by atoms with E-state index in [1.165, 1.54) is 77.0 Å². The van der Waals surface area contributed by atoms with E-state index in [0.29, 0.717) is 12.2 Å². The number of methoxy groups -OCH3 is 1. The molecule has 0 radical (unpaired) electrons. The van der Waals surface area contributed by atoms with E-state index in [2.05, 4.69) is 22.9 Å². The number of hydrogen-bond acceptors (Lipinski definition) is 5. The SMILES string of the molecule is CCCCCCCCCCCCCCC(=O)NC(NC(=S)Nc1ccc(OC)cc1[N+](=O)[O-])C(Cl)(Cl)Cl. The standard InChI is InChI=1S/C25H39Cl3N4O4S/c1-3-4-5-6-7-8-9-10-11-12-13-14-15-22(33)30-23(25(26,27)28)31-24(37)29-20-17-16-19(36-2)18-21(20)32(34)35/h16-18,23H,3-15H2,1-2H3,(H,30,33)(H2,29,31,37). The summed E-state index contributed by atoms with van der Waals surface area (Å²) >= 11 is 23.3. The monoisotopic (exact) mass is 596 g/mol. The third-order valence-electron chi connectivity index (χ3n) is 5.82. The molecule has 1 rings (SSSR count). The summed E-state index contributed by atoms with van der Waals surface area (Å²) in [7, 11) is 1.41. The topological polar surface area (TPSA) is 106 Å². The van der Waals surface area contributed by atoms with Crippen molar-refractivity contribution in [2.45, 2.75) is 100 Å². The van der Waals surface area contributed by atoms with Gasteiger partial charge in [0.1, 0.15) is 17.6 Å². The number of thiocarbonyl (C=S) groups is 1. The van der Waals surface area contributed by atoms with E-state index in [9.17, 15) is 14.9 Å². The molecule has 12 heteroatoms. The molecule has 8 nitrogen and oxygen atoms in total. The van der Waals surface area contributed by atoms with Crippen molar-refractivity contribution in [1.82, 2.24) is 10.6 Å². The Morgan fingerprint density at radius 2 is 1.54 bits per heavy atom. The molecule has 1 atom stereocenters. The van der Waals surface area contributed by atoms with Crippen molar-refractivity contribution in [2.75, 3.05) is 12.4 Å². The van der Waals surface area contributed by atoms with Crippen LogP contribution in [0, 0.1) is 10.1 Å². The van der Waals surface area contributed by atoms with Crippen molar-refractivity contribution in [3.8, 4) is 5.75 Å². The van der Waals surface area contributed by atoms with Gasteiger partial charge < -0.3 is 20.7 Å². The number of hydrogen-bond donors (Lipinski definition) is 3. The molecule has 0 aliphatic heterocycles. The van der Waals surface area contributed by atoms with Crippen molar-refractivity contribution in [2.24, 2.45) is 0 Å². The summed E-state index contributed by atoms with van der Waals surface area (Å²) in [4.78, 5) is 23.3. The Kier molecular flexibility index (Phi) is 16.9. The first-order valence-electron chi connectivity index (χ1n) is 12.8. The Hall–Kier alpha value is -1.55. The second kappa shape index (κ2) is 18.7. The van der Waals surface area contributed by atoms with Crippen LogP contribution in [0.1, 0.15) is 90.4 Å². The maximum Gasteiger partial charge on any atom is 0.296 e. The second-order valence-corrected chi connectivity index (χ2v) is 11.7. The zero-order valence-electron chi connectivity index (χ0n) is 21.6. The molecule has 0 aliphatic rings. The van der Waals surface area contributed by atoms with Crippen LogP contribution >= 0.6 is 47.0 Å². The highest BCUT2D eigenvalue weighted by Crippen LogP contribution is 2.31. The van der Waals surface area contributed by atoms with Crippen LogP contribution in [-0.2, 0) is 4.79 Å². The molecule has 3 N–H and O–H groups in total. The van der Waals surface area contributed by atoms with Gasteiger partial charge >= 0.3 is 0 Å². The number of carbonyl (C=O) groups excluding carboxylic acids is 1. The molecule has 37 heavy (non-hydrogen) atoms. The summed E-state index contributed by atoms with van der Waals surface area (Å²) < 4.78 is 3.11. The summed E-state index contributed by atoms with van der Waals surface area (Å²) in [6.45, 7) is 2.23. The van der Waals surface area contributed by atoms with Crippen molar-refractivity contribution in [3.63, 3.8) is 0 Å². The third-order valence-corrected chi connectivity index (χ3v) is 6.69. The number of nitro benzene ring substituents is 1. The molecule has 0 aromatic heterocycles. The van der Waals surface area contributed by atoms with Crippen LogP contribution in [-0.4, -0.2) is 33.0 Å². The molecule has 0 fully saturated rings. The molecule has 0 bridgehead atoms. The Labute approximate surface area is 240 Å². The molecule has 1 aromatic rings. The molecule has 0 spiro atoms. The number of nitro groups is 1. The number of unbranched alkanes of at least 4 members (excludes halogenated alkanes) is 11. The highest BCUT2D eigenvalue weighted by atomic mass is 35.6. The summed E-state index contributed by atoms with van der Waals surface area (Å²) in [5.41, 5.74) is -0.126. The largest absolute Gasteiger partial charge is 0.496 e. The Morgan fingerprint density at radius 1 is 1.00 bits per heavy atom. The summed E-state index contributed by atoms with van der Waals surface area (Å²) in [5, 5.41) is 19.4. The highest BCUT2D eigenvalue weighted by Gasteiger charge is 2.34. The predicted molar refractivity (Wildman–Crippen MR) is 157 cm³/mol. The zero-order chi connectivity index (χ0) is 27.7. The Bertz CT molecular complexity index is 856. The van der Waals surface area contributed by atoms with E-state index in [4.69, 9.17) is 51.8 Å². The number of rotatable bonds is 18. The first-order chi connectivity index (χ1) is 17.6.